The number of aromatic nitrogens is 2. The van der Waals surface area contributed by atoms with Crippen molar-refractivity contribution in [3.63, 3.8) is 0 Å². The molecule has 8 nitrogen and oxygen atoms in total. The van der Waals surface area contributed by atoms with Crippen LogP contribution in [0.25, 0.3) is 0 Å². The van der Waals surface area contributed by atoms with Gasteiger partial charge in [0.2, 0.25) is 0 Å². The molecule has 22 heavy (non-hydrogen) atoms. The Morgan fingerprint density at radius 2 is 1.91 bits per heavy atom. The number of nitrogens with one attached hydrogen (secondary N) is 3. The summed E-state index contributed by atoms with van der Waals surface area (Å²) in [5.74, 6) is -0.121. The number of Topliss-reactive ketones (excluding diaryl/α,β-unsaturated/α-hetero) is 1. The molecule has 0 unspecified atom stereocenters. The summed E-state index contributed by atoms with van der Waals surface area (Å²) >= 11 is 0. The van der Waals surface area contributed by atoms with Crippen LogP contribution < -0.4 is 16.6 Å². The van der Waals surface area contributed by atoms with Crippen LogP contribution in [-0.2, 0) is 4.79 Å². The Morgan fingerprint density at radius 1 is 1.23 bits per heavy atom. The molecular weight excluding hydrogens is 288 g/mol. The summed E-state index contributed by atoms with van der Waals surface area (Å²) in [4.78, 5) is 42.0. The average Bonchev–Trinajstić information content (AvgIpc) is 2.47. The summed E-state index contributed by atoms with van der Waals surface area (Å²) in [5.41, 5.74) is -1.35. The number of aliphatic hydroxyl groups is 1. The van der Waals surface area contributed by atoms with Crippen molar-refractivity contribution in [1.29, 1.82) is 0 Å². The van der Waals surface area contributed by atoms with Crippen LogP contribution in [0.3, 0.4) is 0 Å². The molecule has 0 saturated heterocycles. The maximum Gasteiger partial charge on any atom is 0.327 e. The predicted octanol–water partition coefficient (Wildman–Crippen LogP) is 0.955. The first-order chi connectivity index (χ1) is 10.5. The van der Waals surface area contributed by atoms with E-state index in [0.29, 0.717) is 13.0 Å². The van der Waals surface area contributed by atoms with Crippen molar-refractivity contribution in [3.05, 3.63) is 20.8 Å². The minimum atomic E-state index is -0.663. The van der Waals surface area contributed by atoms with Gasteiger partial charge in [-0.15, -0.1) is 0 Å². The standard InChI is InChI=1S/C12H18N4O4.C2H6/c1-8(18)7-14-9-10(13-5-3-2-4-6-17)15-12(20)16-11(9)19;1-2/h7,17H,2-6H2,1H3,(H3,13,15,16,19,20);1-2H3. The minimum absolute atomic E-state index is 0.0399. The van der Waals surface area contributed by atoms with Gasteiger partial charge in [0.05, 0.1) is 6.21 Å². The zero-order chi connectivity index (χ0) is 17.0. The van der Waals surface area contributed by atoms with Crippen LogP contribution in [0, 0.1) is 0 Å². The Balaban J connectivity index is 0.00000211. The number of unbranched alkanes of at least 4 members (excludes halogenated alkanes) is 2. The zero-order valence-corrected chi connectivity index (χ0v) is 13.2. The van der Waals surface area contributed by atoms with E-state index in [9.17, 15) is 14.4 Å². The molecule has 0 aliphatic rings. The van der Waals surface area contributed by atoms with E-state index < -0.39 is 11.2 Å². The lowest BCUT2D eigenvalue weighted by Crippen LogP contribution is -2.24. The van der Waals surface area contributed by atoms with Gasteiger partial charge in [-0.05, 0) is 19.3 Å². The molecule has 0 aliphatic heterocycles. The van der Waals surface area contributed by atoms with Gasteiger partial charge < -0.3 is 10.4 Å². The Bertz CT molecular complexity index is 589. The fourth-order valence-electron chi connectivity index (χ4n) is 1.51. The molecule has 1 aromatic heterocycles. The molecule has 4 N–H and O–H groups in total. The number of aromatic amines is 2. The summed E-state index contributed by atoms with van der Waals surface area (Å²) in [6, 6.07) is 0. The monoisotopic (exact) mass is 312 g/mol. The van der Waals surface area contributed by atoms with Crippen LogP contribution in [0.5, 0.6) is 0 Å². The molecule has 0 aromatic carbocycles. The first kappa shape index (κ1) is 19.8. The van der Waals surface area contributed by atoms with Crippen molar-refractivity contribution in [2.24, 2.45) is 4.99 Å². The molecule has 0 amide bonds. The third-order valence-electron chi connectivity index (χ3n) is 2.43. The number of H-pyrrole nitrogens is 2. The maximum atomic E-state index is 11.6. The number of hydrogen-bond acceptors (Lipinski definition) is 6. The van der Waals surface area contributed by atoms with Gasteiger partial charge >= 0.3 is 5.69 Å². The van der Waals surface area contributed by atoms with Crippen LogP contribution in [0.2, 0.25) is 0 Å². The highest BCUT2D eigenvalue weighted by atomic mass is 16.3. The van der Waals surface area contributed by atoms with Crippen LogP contribution >= 0.6 is 0 Å². The van der Waals surface area contributed by atoms with Gasteiger partial charge in [-0.1, -0.05) is 13.8 Å². The lowest BCUT2D eigenvalue weighted by Gasteiger charge is -2.07. The van der Waals surface area contributed by atoms with Gasteiger partial charge in [0.15, 0.2) is 11.5 Å². The Morgan fingerprint density at radius 3 is 2.50 bits per heavy atom. The summed E-state index contributed by atoms with van der Waals surface area (Å²) in [6.07, 6.45) is 3.30. The van der Waals surface area contributed by atoms with Crippen LogP contribution in [0.1, 0.15) is 40.0 Å². The van der Waals surface area contributed by atoms with E-state index in [1.807, 2.05) is 18.8 Å². The minimum Gasteiger partial charge on any atom is -0.396 e. The molecular formula is C14H24N4O4. The van der Waals surface area contributed by atoms with Crippen molar-refractivity contribution in [2.45, 2.75) is 40.0 Å². The van der Waals surface area contributed by atoms with Gasteiger partial charge in [-0.2, -0.15) is 0 Å². The topological polar surface area (TPSA) is 127 Å². The summed E-state index contributed by atoms with van der Waals surface area (Å²) in [5, 5.41) is 11.6. The highest BCUT2D eigenvalue weighted by Gasteiger charge is 2.07. The SMILES string of the molecule is CC.CC(=O)C=Nc1c(NCCCCCO)[nH]c(=O)[nH]c1=O. The fourth-order valence-corrected chi connectivity index (χ4v) is 1.51. The summed E-state index contributed by atoms with van der Waals surface area (Å²) < 4.78 is 0. The molecule has 0 saturated carbocycles. The van der Waals surface area contributed by atoms with E-state index in [1.165, 1.54) is 6.92 Å². The molecule has 1 aromatic rings. The van der Waals surface area contributed by atoms with E-state index in [-0.39, 0.29) is 23.9 Å². The van der Waals surface area contributed by atoms with Crippen LogP contribution in [-0.4, -0.2) is 40.2 Å². The lowest BCUT2D eigenvalue weighted by atomic mass is 10.2. The molecule has 124 valence electrons. The summed E-state index contributed by atoms with van der Waals surface area (Å²) in [6.45, 7) is 5.96. The molecule has 8 heteroatoms. The maximum absolute atomic E-state index is 11.6. The number of aliphatic imine (C=N–C) groups is 1. The second kappa shape index (κ2) is 11.4. The Kier molecular flexibility index (Phi) is 10.3. The first-order valence-corrected chi connectivity index (χ1v) is 7.30. The quantitative estimate of drug-likeness (QED) is 0.420. The number of carbonyl (C=O) groups is 1. The van der Waals surface area contributed by atoms with Crippen molar-refractivity contribution < 1.29 is 9.90 Å². The smallest absolute Gasteiger partial charge is 0.327 e. The molecule has 0 atom stereocenters. The van der Waals surface area contributed by atoms with Gasteiger partial charge in [0, 0.05) is 20.1 Å². The third-order valence-corrected chi connectivity index (χ3v) is 2.43. The third kappa shape index (κ3) is 7.53. The number of aliphatic hydroxyl groups excluding tert-OH is 1. The number of hydrogen-bond donors (Lipinski definition) is 4. The van der Waals surface area contributed by atoms with Gasteiger partial charge in [0.25, 0.3) is 5.56 Å². The van der Waals surface area contributed by atoms with Crippen LogP contribution in [0.4, 0.5) is 11.5 Å². The van der Waals surface area contributed by atoms with E-state index in [4.69, 9.17) is 5.11 Å². The normalized spacial score (nSPS) is 10.2. The lowest BCUT2D eigenvalue weighted by molar-refractivity contribution is -0.110. The number of anilines is 1. The number of carbonyl (C=O) groups excluding carboxylic acids is 1. The van der Waals surface area contributed by atoms with Crippen LogP contribution in [0.15, 0.2) is 14.6 Å². The van der Waals surface area contributed by atoms with E-state index in [1.54, 1.807) is 0 Å². The zero-order valence-electron chi connectivity index (χ0n) is 13.2. The van der Waals surface area contributed by atoms with Crippen molar-refractivity contribution in [1.82, 2.24) is 9.97 Å². The largest absolute Gasteiger partial charge is 0.396 e. The molecule has 0 bridgehead atoms. The molecule has 0 radical (unpaired) electrons. The molecule has 1 heterocycles. The predicted molar refractivity (Wildman–Crippen MR) is 87.3 cm³/mol. The van der Waals surface area contributed by atoms with Crippen molar-refractivity contribution in [2.75, 3.05) is 18.5 Å². The average molecular weight is 312 g/mol. The highest BCUT2D eigenvalue weighted by Crippen LogP contribution is 2.14. The van der Waals surface area contributed by atoms with Gasteiger partial charge in [-0.25, -0.2) is 9.79 Å². The second-order valence-corrected chi connectivity index (χ2v) is 4.21. The number of rotatable bonds is 8. The number of ketones is 1. The van der Waals surface area contributed by atoms with Crippen molar-refractivity contribution >= 4 is 23.5 Å². The first-order valence-electron chi connectivity index (χ1n) is 7.30. The molecule has 1 rings (SSSR count). The summed E-state index contributed by atoms with van der Waals surface area (Å²) in [7, 11) is 0. The van der Waals surface area contributed by atoms with E-state index >= 15 is 0 Å². The highest BCUT2D eigenvalue weighted by molar-refractivity contribution is 6.26. The van der Waals surface area contributed by atoms with E-state index in [0.717, 1.165) is 19.1 Å². The van der Waals surface area contributed by atoms with Gasteiger partial charge in [0.1, 0.15) is 5.82 Å². The Labute approximate surface area is 128 Å². The Hall–Kier alpha value is -2.22. The second-order valence-electron chi connectivity index (χ2n) is 4.21. The molecule has 0 spiro atoms. The van der Waals surface area contributed by atoms with Crippen molar-refractivity contribution in [3.8, 4) is 0 Å². The molecule has 0 fully saturated rings. The van der Waals surface area contributed by atoms with Gasteiger partial charge in [-0.3, -0.25) is 19.6 Å². The fraction of sp³-hybridized carbons (Fsp3) is 0.571. The molecule has 0 aliphatic carbocycles. The number of nitrogens with zero attached hydrogens (tertiary/aromatic N) is 1. The van der Waals surface area contributed by atoms with E-state index in [2.05, 4.69) is 15.3 Å².